The van der Waals surface area contributed by atoms with Crippen molar-refractivity contribution in [2.75, 3.05) is 6.54 Å². The van der Waals surface area contributed by atoms with Crippen LogP contribution in [-0.4, -0.2) is 51.0 Å². The minimum atomic E-state index is -0.920. The molecular formula is C14H14N2O4S. The Bertz CT molecular complexity index is 592. The van der Waals surface area contributed by atoms with E-state index in [-0.39, 0.29) is 30.2 Å². The normalized spacial score (nSPS) is 27.0. The number of aliphatic carboxylic acids is 1. The number of hydrogen-bond acceptors (Lipinski definition) is 4. The zero-order valence-electron chi connectivity index (χ0n) is 11.1. The monoisotopic (exact) mass is 306 g/mol. The number of rotatable bonds is 4. The average molecular weight is 306 g/mol. The molecule has 0 saturated carbocycles. The topological polar surface area (TPSA) is 86.7 Å². The number of hydrogen-bond donors (Lipinski definition) is 2. The summed E-state index contributed by atoms with van der Waals surface area (Å²) in [6, 6.07) is 8.66. The third-order valence-electron chi connectivity index (χ3n) is 3.61. The first-order valence-corrected chi connectivity index (χ1v) is 7.52. The molecule has 2 N–H and O–H groups in total. The van der Waals surface area contributed by atoms with E-state index < -0.39 is 17.3 Å². The Hall–Kier alpha value is -2.02. The van der Waals surface area contributed by atoms with E-state index in [1.807, 2.05) is 30.3 Å². The summed E-state index contributed by atoms with van der Waals surface area (Å²) in [6.07, 6.45) is 0.213. The molecule has 2 amide bonds. The van der Waals surface area contributed by atoms with Crippen LogP contribution in [0.3, 0.4) is 0 Å². The fraction of sp³-hybridized carbons (Fsp3) is 0.357. The van der Waals surface area contributed by atoms with Gasteiger partial charge in [0.25, 0.3) is 0 Å². The summed E-state index contributed by atoms with van der Waals surface area (Å²) in [6.45, 7) is 0.217. The molecule has 1 aromatic carbocycles. The standard InChI is InChI=1S/C14H14N2O4S/c17-10(6-8-4-2-1-3-5-8)15-11-12(18)16-7-9(14(19)20)21-13(11)16/h1-5,9,11,13H,6-7H2,(H,15,17)(H,19,20)/t9-,11-,13-/m1/s1. The second-order valence-electron chi connectivity index (χ2n) is 5.05. The van der Waals surface area contributed by atoms with Gasteiger partial charge in [-0.25, -0.2) is 0 Å². The zero-order valence-corrected chi connectivity index (χ0v) is 11.9. The molecule has 6 nitrogen and oxygen atoms in total. The van der Waals surface area contributed by atoms with Gasteiger partial charge in [-0.15, -0.1) is 11.8 Å². The van der Waals surface area contributed by atoms with Gasteiger partial charge in [0.15, 0.2) is 0 Å². The number of carboxylic acid groups (broad SMARTS) is 1. The van der Waals surface area contributed by atoms with Gasteiger partial charge in [0.1, 0.15) is 16.7 Å². The molecule has 0 aliphatic carbocycles. The van der Waals surface area contributed by atoms with Crippen molar-refractivity contribution in [2.45, 2.75) is 23.1 Å². The molecule has 110 valence electrons. The largest absolute Gasteiger partial charge is 0.480 e. The quantitative estimate of drug-likeness (QED) is 0.770. The maximum Gasteiger partial charge on any atom is 0.318 e. The Morgan fingerprint density at radius 3 is 2.71 bits per heavy atom. The molecule has 3 rings (SSSR count). The van der Waals surface area contributed by atoms with E-state index in [1.165, 1.54) is 16.7 Å². The molecule has 0 unspecified atom stereocenters. The predicted molar refractivity (Wildman–Crippen MR) is 76.6 cm³/mol. The van der Waals surface area contributed by atoms with Crippen LogP contribution in [0.4, 0.5) is 0 Å². The van der Waals surface area contributed by atoms with Crippen molar-refractivity contribution in [3.05, 3.63) is 35.9 Å². The third-order valence-corrected chi connectivity index (χ3v) is 5.09. The van der Waals surface area contributed by atoms with Crippen LogP contribution in [0.1, 0.15) is 5.56 Å². The zero-order chi connectivity index (χ0) is 15.0. The highest BCUT2D eigenvalue weighted by Gasteiger charge is 2.55. The molecule has 21 heavy (non-hydrogen) atoms. The lowest BCUT2D eigenvalue weighted by molar-refractivity contribution is -0.148. The highest BCUT2D eigenvalue weighted by Crippen LogP contribution is 2.40. The molecule has 0 aromatic heterocycles. The summed E-state index contributed by atoms with van der Waals surface area (Å²) < 4.78 is 0. The Kier molecular flexibility index (Phi) is 3.59. The van der Waals surface area contributed by atoms with Gasteiger partial charge in [-0.2, -0.15) is 0 Å². The predicted octanol–water partition coefficient (Wildman–Crippen LogP) is 0.0822. The highest BCUT2D eigenvalue weighted by molar-refractivity contribution is 8.01. The van der Waals surface area contributed by atoms with Crippen molar-refractivity contribution in [1.29, 1.82) is 0 Å². The SMILES string of the molecule is O=C(Cc1ccccc1)N[C@@H]1C(=O)N2C[C@H](C(=O)O)S[C@H]12. The molecule has 3 atom stereocenters. The smallest absolute Gasteiger partial charge is 0.318 e. The number of amides is 2. The van der Waals surface area contributed by atoms with Crippen LogP contribution >= 0.6 is 11.8 Å². The summed E-state index contributed by atoms with van der Waals surface area (Å²) in [5, 5.41) is 10.8. The lowest BCUT2D eigenvalue weighted by atomic mass is 10.1. The van der Waals surface area contributed by atoms with E-state index in [2.05, 4.69) is 5.32 Å². The highest BCUT2D eigenvalue weighted by atomic mass is 32.2. The molecule has 1 aromatic rings. The molecule has 2 aliphatic heterocycles. The summed E-state index contributed by atoms with van der Waals surface area (Å²) in [5.41, 5.74) is 0.876. The molecule has 0 bridgehead atoms. The van der Waals surface area contributed by atoms with E-state index in [0.717, 1.165) is 5.56 Å². The van der Waals surface area contributed by atoms with Crippen molar-refractivity contribution < 1.29 is 19.5 Å². The Balaban J connectivity index is 1.58. The van der Waals surface area contributed by atoms with Crippen LogP contribution in [0, 0.1) is 0 Å². The number of carbonyl (C=O) groups is 3. The van der Waals surface area contributed by atoms with Crippen molar-refractivity contribution in [1.82, 2.24) is 10.2 Å². The minimum Gasteiger partial charge on any atom is -0.480 e. The molecule has 7 heteroatoms. The summed E-state index contributed by atoms with van der Waals surface area (Å²) in [7, 11) is 0. The number of carboxylic acids is 1. The lowest BCUT2D eigenvalue weighted by Gasteiger charge is -2.41. The van der Waals surface area contributed by atoms with Crippen molar-refractivity contribution in [3.63, 3.8) is 0 Å². The lowest BCUT2D eigenvalue weighted by Crippen LogP contribution is -2.67. The fourth-order valence-corrected chi connectivity index (χ4v) is 3.91. The van der Waals surface area contributed by atoms with Gasteiger partial charge in [0.2, 0.25) is 11.8 Å². The van der Waals surface area contributed by atoms with Crippen LogP contribution in [-0.2, 0) is 20.8 Å². The third kappa shape index (κ3) is 2.61. The van der Waals surface area contributed by atoms with Crippen LogP contribution in [0.5, 0.6) is 0 Å². The maximum absolute atomic E-state index is 12.0. The van der Waals surface area contributed by atoms with E-state index in [0.29, 0.717) is 0 Å². The first-order valence-electron chi connectivity index (χ1n) is 6.58. The molecule has 2 aliphatic rings. The van der Waals surface area contributed by atoms with E-state index >= 15 is 0 Å². The molecule has 0 radical (unpaired) electrons. The van der Waals surface area contributed by atoms with Gasteiger partial charge in [-0.3, -0.25) is 14.4 Å². The van der Waals surface area contributed by atoms with Gasteiger partial charge >= 0.3 is 5.97 Å². The van der Waals surface area contributed by atoms with Gasteiger partial charge in [0, 0.05) is 6.54 Å². The van der Waals surface area contributed by atoms with Crippen LogP contribution in [0.25, 0.3) is 0 Å². The number of benzene rings is 1. The molecule has 2 saturated heterocycles. The first-order chi connectivity index (χ1) is 10.1. The van der Waals surface area contributed by atoms with Crippen molar-refractivity contribution in [3.8, 4) is 0 Å². The van der Waals surface area contributed by atoms with Crippen LogP contribution in [0.15, 0.2) is 30.3 Å². The Labute approximate surface area is 125 Å². The Morgan fingerprint density at radius 2 is 2.05 bits per heavy atom. The van der Waals surface area contributed by atoms with Gasteiger partial charge < -0.3 is 15.3 Å². The minimum absolute atomic E-state index is 0.197. The Morgan fingerprint density at radius 1 is 1.33 bits per heavy atom. The van der Waals surface area contributed by atoms with Crippen LogP contribution in [0.2, 0.25) is 0 Å². The van der Waals surface area contributed by atoms with Gasteiger partial charge in [0.05, 0.1) is 6.42 Å². The van der Waals surface area contributed by atoms with E-state index in [9.17, 15) is 14.4 Å². The van der Waals surface area contributed by atoms with Crippen LogP contribution < -0.4 is 5.32 Å². The molecular weight excluding hydrogens is 292 g/mol. The fourth-order valence-electron chi connectivity index (χ4n) is 2.53. The number of nitrogens with one attached hydrogen (secondary N) is 1. The number of fused-ring (bicyclic) bond motifs is 1. The second-order valence-corrected chi connectivity index (χ2v) is 6.38. The molecule has 2 heterocycles. The van der Waals surface area contributed by atoms with Gasteiger partial charge in [-0.05, 0) is 5.56 Å². The maximum atomic E-state index is 12.0. The summed E-state index contributed by atoms with van der Waals surface area (Å²) >= 11 is 1.22. The van der Waals surface area contributed by atoms with Crippen molar-refractivity contribution in [2.24, 2.45) is 0 Å². The first kappa shape index (κ1) is 13.9. The average Bonchev–Trinajstić information content (AvgIpc) is 2.87. The number of carbonyl (C=O) groups excluding carboxylic acids is 2. The second kappa shape index (κ2) is 5.40. The van der Waals surface area contributed by atoms with Gasteiger partial charge in [-0.1, -0.05) is 30.3 Å². The number of thioether (sulfide) groups is 1. The summed E-state index contributed by atoms with van der Waals surface area (Å²) in [5.74, 6) is -1.34. The molecule has 0 spiro atoms. The molecule has 2 fully saturated rings. The van der Waals surface area contributed by atoms with E-state index in [4.69, 9.17) is 5.11 Å². The number of nitrogens with zero attached hydrogens (tertiary/aromatic N) is 1. The summed E-state index contributed by atoms with van der Waals surface area (Å²) in [4.78, 5) is 36.3. The number of β-lactam (4-membered cyclic amide) rings is 1. The van der Waals surface area contributed by atoms with Crippen molar-refractivity contribution >= 4 is 29.5 Å². The van der Waals surface area contributed by atoms with E-state index in [1.54, 1.807) is 0 Å².